The summed E-state index contributed by atoms with van der Waals surface area (Å²) in [6.07, 6.45) is 3.75. The lowest BCUT2D eigenvalue weighted by Crippen LogP contribution is -2.22. The number of pyridine rings is 1. The zero-order chi connectivity index (χ0) is 12.7. The van der Waals surface area contributed by atoms with Crippen LogP contribution in [-0.4, -0.2) is 11.5 Å². The number of nitrogens with one attached hydrogen (secondary N) is 1. The van der Waals surface area contributed by atoms with Gasteiger partial charge in [0.15, 0.2) is 0 Å². The number of aryl methyl sites for hydroxylation is 1. The topological polar surface area (TPSA) is 24.9 Å². The summed E-state index contributed by atoms with van der Waals surface area (Å²) in [6, 6.07) is 6.71. The second-order valence-electron chi connectivity index (χ2n) is 5.14. The van der Waals surface area contributed by atoms with E-state index in [4.69, 9.17) is 0 Å². The van der Waals surface area contributed by atoms with Gasteiger partial charge in [0.25, 0.3) is 0 Å². The summed E-state index contributed by atoms with van der Waals surface area (Å²) in [5, 5.41) is 3.54. The molecule has 0 aliphatic carbocycles. The molecule has 17 heavy (non-hydrogen) atoms. The minimum Gasteiger partial charge on any atom is -0.309 e. The maximum absolute atomic E-state index is 4.63. The smallest absolute Gasteiger partial charge is 0.0576 e. The van der Waals surface area contributed by atoms with Crippen LogP contribution in [0.25, 0.3) is 0 Å². The molecule has 0 bridgehead atoms. The molecule has 1 heterocycles. The molecule has 0 aliphatic heterocycles. The van der Waals surface area contributed by atoms with Crippen LogP contribution in [0.3, 0.4) is 0 Å². The highest BCUT2D eigenvalue weighted by Gasteiger charge is 2.11. The van der Waals surface area contributed by atoms with Crippen LogP contribution in [0, 0.1) is 12.8 Å². The van der Waals surface area contributed by atoms with Gasteiger partial charge in [0.05, 0.1) is 5.69 Å². The Morgan fingerprint density at radius 2 is 2.00 bits per heavy atom. The molecule has 1 unspecified atom stereocenters. The zero-order valence-corrected chi connectivity index (χ0v) is 11.7. The fraction of sp³-hybridized carbons (Fsp3) is 0.667. The number of rotatable bonds is 7. The highest BCUT2D eigenvalue weighted by molar-refractivity contribution is 5.13. The lowest BCUT2D eigenvalue weighted by molar-refractivity contribution is 0.448. The molecule has 0 aromatic carbocycles. The van der Waals surface area contributed by atoms with Gasteiger partial charge in [-0.05, 0) is 37.9 Å². The van der Waals surface area contributed by atoms with Gasteiger partial charge in [-0.15, -0.1) is 0 Å². The van der Waals surface area contributed by atoms with Crippen LogP contribution in [0.4, 0.5) is 0 Å². The summed E-state index contributed by atoms with van der Waals surface area (Å²) in [5.41, 5.74) is 2.30. The van der Waals surface area contributed by atoms with E-state index in [1.54, 1.807) is 0 Å². The maximum atomic E-state index is 4.63. The maximum Gasteiger partial charge on any atom is 0.0576 e. The molecule has 0 fully saturated rings. The number of nitrogens with zero attached hydrogens (tertiary/aromatic N) is 1. The van der Waals surface area contributed by atoms with Gasteiger partial charge in [-0.25, -0.2) is 0 Å². The standard InChI is InChI=1S/C15H26N2/c1-5-16-14(10-6-8-12(2)3)15-11-7-9-13(4)17-15/h7,9,11-12,14,16H,5-6,8,10H2,1-4H3. The molecule has 0 amide bonds. The summed E-state index contributed by atoms with van der Waals surface area (Å²) in [4.78, 5) is 4.63. The second kappa shape index (κ2) is 7.44. The Morgan fingerprint density at radius 3 is 2.59 bits per heavy atom. The summed E-state index contributed by atoms with van der Waals surface area (Å²) in [6.45, 7) is 9.79. The van der Waals surface area contributed by atoms with Crippen LogP contribution in [0.15, 0.2) is 18.2 Å². The van der Waals surface area contributed by atoms with E-state index in [9.17, 15) is 0 Å². The second-order valence-corrected chi connectivity index (χ2v) is 5.14. The van der Waals surface area contributed by atoms with Crippen molar-refractivity contribution in [3.05, 3.63) is 29.6 Å². The Bertz CT molecular complexity index is 320. The van der Waals surface area contributed by atoms with Crippen molar-refractivity contribution in [2.45, 2.75) is 53.0 Å². The van der Waals surface area contributed by atoms with Gasteiger partial charge in [-0.1, -0.05) is 39.7 Å². The van der Waals surface area contributed by atoms with Gasteiger partial charge in [0.1, 0.15) is 0 Å². The normalized spacial score (nSPS) is 13.0. The lowest BCUT2D eigenvalue weighted by Gasteiger charge is -2.18. The SMILES string of the molecule is CCNC(CCCC(C)C)c1cccc(C)n1. The molecule has 0 radical (unpaired) electrons. The van der Waals surface area contributed by atoms with Gasteiger partial charge in [-0.2, -0.15) is 0 Å². The monoisotopic (exact) mass is 234 g/mol. The summed E-state index contributed by atoms with van der Waals surface area (Å²) < 4.78 is 0. The van der Waals surface area contributed by atoms with E-state index < -0.39 is 0 Å². The van der Waals surface area contributed by atoms with Crippen molar-refractivity contribution in [2.24, 2.45) is 5.92 Å². The van der Waals surface area contributed by atoms with E-state index in [-0.39, 0.29) is 0 Å². The molecule has 0 saturated heterocycles. The van der Waals surface area contributed by atoms with Crippen molar-refractivity contribution >= 4 is 0 Å². The fourth-order valence-electron chi connectivity index (χ4n) is 2.09. The molecular weight excluding hydrogens is 208 g/mol. The van der Waals surface area contributed by atoms with E-state index in [1.165, 1.54) is 25.0 Å². The Balaban J connectivity index is 2.58. The third-order valence-electron chi connectivity index (χ3n) is 2.99. The Hall–Kier alpha value is -0.890. The first kappa shape index (κ1) is 14.2. The van der Waals surface area contributed by atoms with Crippen LogP contribution >= 0.6 is 0 Å². The molecular formula is C15H26N2. The van der Waals surface area contributed by atoms with Crippen molar-refractivity contribution < 1.29 is 0 Å². The lowest BCUT2D eigenvalue weighted by atomic mass is 10.0. The molecule has 0 spiro atoms. The predicted octanol–water partition coefficient (Wildman–Crippen LogP) is 3.87. The van der Waals surface area contributed by atoms with Crippen molar-refractivity contribution in [1.29, 1.82) is 0 Å². The Morgan fingerprint density at radius 1 is 1.24 bits per heavy atom. The van der Waals surface area contributed by atoms with E-state index in [2.05, 4.69) is 56.2 Å². The average molecular weight is 234 g/mol. The number of aromatic nitrogens is 1. The quantitative estimate of drug-likeness (QED) is 0.774. The molecule has 1 aromatic heterocycles. The van der Waals surface area contributed by atoms with Crippen LogP contribution < -0.4 is 5.32 Å². The molecule has 1 N–H and O–H groups in total. The van der Waals surface area contributed by atoms with Crippen LogP contribution in [-0.2, 0) is 0 Å². The van der Waals surface area contributed by atoms with Crippen molar-refractivity contribution in [1.82, 2.24) is 10.3 Å². The molecule has 96 valence electrons. The molecule has 0 saturated carbocycles. The summed E-state index contributed by atoms with van der Waals surface area (Å²) in [7, 11) is 0. The van der Waals surface area contributed by atoms with Crippen molar-refractivity contribution in [3.8, 4) is 0 Å². The fourth-order valence-corrected chi connectivity index (χ4v) is 2.09. The van der Waals surface area contributed by atoms with Crippen molar-refractivity contribution in [3.63, 3.8) is 0 Å². The summed E-state index contributed by atoms with van der Waals surface area (Å²) in [5.74, 6) is 0.794. The minimum atomic E-state index is 0.415. The summed E-state index contributed by atoms with van der Waals surface area (Å²) >= 11 is 0. The molecule has 2 heteroatoms. The van der Waals surface area contributed by atoms with Gasteiger partial charge in [0, 0.05) is 11.7 Å². The average Bonchev–Trinajstić information content (AvgIpc) is 2.27. The first-order valence-electron chi connectivity index (χ1n) is 6.80. The van der Waals surface area contributed by atoms with Crippen LogP contribution in [0.5, 0.6) is 0 Å². The van der Waals surface area contributed by atoms with E-state index >= 15 is 0 Å². The first-order chi connectivity index (χ1) is 8.13. The van der Waals surface area contributed by atoms with Crippen molar-refractivity contribution in [2.75, 3.05) is 6.54 Å². The Kier molecular flexibility index (Phi) is 6.20. The van der Waals surface area contributed by atoms with Gasteiger partial charge in [0.2, 0.25) is 0 Å². The minimum absolute atomic E-state index is 0.415. The van der Waals surface area contributed by atoms with Gasteiger partial charge < -0.3 is 5.32 Å². The van der Waals surface area contributed by atoms with Crippen LogP contribution in [0.2, 0.25) is 0 Å². The van der Waals surface area contributed by atoms with E-state index in [1.807, 2.05) is 0 Å². The van der Waals surface area contributed by atoms with E-state index in [0.29, 0.717) is 6.04 Å². The largest absolute Gasteiger partial charge is 0.309 e. The van der Waals surface area contributed by atoms with Gasteiger partial charge in [-0.3, -0.25) is 4.98 Å². The molecule has 1 rings (SSSR count). The molecule has 1 atom stereocenters. The molecule has 2 nitrogen and oxygen atoms in total. The van der Waals surface area contributed by atoms with Gasteiger partial charge >= 0.3 is 0 Å². The predicted molar refractivity (Wildman–Crippen MR) is 74.1 cm³/mol. The van der Waals surface area contributed by atoms with Crippen LogP contribution in [0.1, 0.15) is 57.5 Å². The number of hydrogen-bond acceptors (Lipinski definition) is 2. The first-order valence-corrected chi connectivity index (χ1v) is 6.80. The third kappa shape index (κ3) is 5.31. The number of hydrogen-bond donors (Lipinski definition) is 1. The molecule has 0 aliphatic rings. The highest BCUT2D eigenvalue weighted by Crippen LogP contribution is 2.19. The molecule has 1 aromatic rings. The highest BCUT2D eigenvalue weighted by atomic mass is 14.9. The third-order valence-corrected chi connectivity index (χ3v) is 2.99. The Labute approximate surface area is 106 Å². The zero-order valence-electron chi connectivity index (χ0n) is 11.7. The van der Waals surface area contributed by atoms with E-state index in [0.717, 1.165) is 18.2 Å².